The second kappa shape index (κ2) is 9.70. The predicted molar refractivity (Wildman–Crippen MR) is 102 cm³/mol. The number of carbonyl (C=O) groups is 1. The molecule has 2 aromatic carbocycles. The first-order valence-electron chi connectivity index (χ1n) is 8.96. The van der Waals surface area contributed by atoms with Crippen molar-refractivity contribution in [3.63, 3.8) is 0 Å². The summed E-state index contributed by atoms with van der Waals surface area (Å²) in [7, 11) is 0. The van der Waals surface area contributed by atoms with Gasteiger partial charge in [-0.25, -0.2) is 0 Å². The van der Waals surface area contributed by atoms with Crippen LogP contribution in [0, 0.1) is 0 Å². The molecule has 2 aromatic rings. The van der Waals surface area contributed by atoms with Crippen LogP contribution in [-0.4, -0.2) is 25.2 Å². The zero-order valence-corrected chi connectivity index (χ0v) is 15.8. The van der Waals surface area contributed by atoms with E-state index in [4.69, 9.17) is 14.2 Å². The Morgan fingerprint density at radius 1 is 0.962 bits per heavy atom. The van der Waals surface area contributed by atoms with Crippen LogP contribution in [0.1, 0.15) is 39.3 Å². The Bertz CT molecular complexity index is 702. The minimum Gasteiger partial charge on any atom is -0.490 e. The van der Waals surface area contributed by atoms with Crippen LogP contribution in [-0.2, 0) is 4.79 Å². The molecule has 5 heteroatoms. The Labute approximate surface area is 155 Å². The third-order valence-electron chi connectivity index (χ3n) is 3.85. The molecule has 5 nitrogen and oxygen atoms in total. The third kappa shape index (κ3) is 5.41. The second-order valence-corrected chi connectivity index (χ2v) is 5.88. The van der Waals surface area contributed by atoms with Crippen molar-refractivity contribution in [1.29, 1.82) is 0 Å². The van der Waals surface area contributed by atoms with Gasteiger partial charge in [0.05, 0.1) is 19.3 Å². The van der Waals surface area contributed by atoms with Gasteiger partial charge in [-0.2, -0.15) is 0 Å². The van der Waals surface area contributed by atoms with Gasteiger partial charge in [0.25, 0.3) is 5.91 Å². The number of nitrogens with one attached hydrogen (secondary N) is 1. The summed E-state index contributed by atoms with van der Waals surface area (Å²) in [6.07, 6.45) is -0.589. The largest absolute Gasteiger partial charge is 0.490 e. The van der Waals surface area contributed by atoms with E-state index < -0.39 is 6.10 Å². The number of para-hydroxylation sites is 1. The zero-order chi connectivity index (χ0) is 18.9. The summed E-state index contributed by atoms with van der Waals surface area (Å²) < 4.78 is 16.9. The summed E-state index contributed by atoms with van der Waals surface area (Å²) in [5.74, 6) is 1.88. The van der Waals surface area contributed by atoms with Crippen LogP contribution in [0.3, 0.4) is 0 Å². The van der Waals surface area contributed by atoms with Crippen LogP contribution >= 0.6 is 0 Å². The fourth-order valence-corrected chi connectivity index (χ4v) is 2.51. The number of benzene rings is 2. The standard InChI is InChI=1S/C21H27NO4/c1-5-24-19-13-12-17(14-20(19)25-6-2)15(3)22-21(23)16(4)26-18-10-8-7-9-11-18/h7-16H,5-6H2,1-4H3,(H,22,23). The number of ether oxygens (including phenoxy) is 3. The van der Waals surface area contributed by atoms with Crippen LogP contribution in [0.4, 0.5) is 0 Å². The molecule has 1 amide bonds. The van der Waals surface area contributed by atoms with Gasteiger partial charge in [0.1, 0.15) is 5.75 Å². The molecule has 26 heavy (non-hydrogen) atoms. The summed E-state index contributed by atoms with van der Waals surface area (Å²) in [5.41, 5.74) is 0.942. The molecule has 0 aliphatic heterocycles. The van der Waals surface area contributed by atoms with Gasteiger partial charge in [-0.3, -0.25) is 4.79 Å². The van der Waals surface area contributed by atoms with Gasteiger partial charge in [-0.05, 0) is 57.5 Å². The Balaban J connectivity index is 2.02. The highest BCUT2D eigenvalue weighted by molar-refractivity contribution is 5.81. The first-order valence-corrected chi connectivity index (χ1v) is 8.96. The number of amides is 1. The molecule has 2 rings (SSSR count). The average molecular weight is 357 g/mol. The van der Waals surface area contributed by atoms with Crippen LogP contribution in [0.5, 0.6) is 17.2 Å². The Morgan fingerprint density at radius 2 is 1.62 bits per heavy atom. The Hall–Kier alpha value is -2.69. The van der Waals surface area contributed by atoms with Crippen molar-refractivity contribution >= 4 is 5.91 Å². The molecule has 0 radical (unpaired) electrons. The van der Waals surface area contributed by atoms with Crippen molar-refractivity contribution in [3.8, 4) is 17.2 Å². The van der Waals surface area contributed by atoms with Crippen molar-refractivity contribution < 1.29 is 19.0 Å². The lowest BCUT2D eigenvalue weighted by molar-refractivity contribution is -0.127. The maximum absolute atomic E-state index is 12.4. The lowest BCUT2D eigenvalue weighted by atomic mass is 10.1. The van der Waals surface area contributed by atoms with E-state index in [-0.39, 0.29) is 11.9 Å². The molecule has 0 saturated carbocycles. The summed E-state index contributed by atoms with van der Waals surface area (Å²) in [6, 6.07) is 14.8. The fraction of sp³-hybridized carbons (Fsp3) is 0.381. The van der Waals surface area contributed by atoms with Crippen molar-refractivity contribution in [2.75, 3.05) is 13.2 Å². The molecule has 2 atom stereocenters. The molecule has 140 valence electrons. The predicted octanol–water partition coefficient (Wildman–Crippen LogP) is 4.13. The van der Waals surface area contributed by atoms with Crippen molar-refractivity contribution in [2.24, 2.45) is 0 Å². The van der Waals surface area contributed by atoms with E-state index in [1.807, 2.05) is 69.3 Å². The molecule has 0 fully saturated rings. The van der Waals surface area contributed by atoms with Gasteiger partial charge in [0.15, 0.2) is 17.6 Å². The molecule has 0 bridgehead atoms. The maximum Gasteiger partial charge on any atom is 0.261 e. The van der Waals surface area contributed by atoms with Gasteiger partial charge in [-0.15, -0.1) is 0 Å². The first-order chi connectivity index (χ1) is 12.5. The topological polar surface area (TPSA) is 56.8 Å². The van der Waals surface area contributed by atoms with Gasteiger partial charge in [-0.1, -0.05) is 24.3 Å². The molecule has 2 unspecified atom stereocenters. The summed E-state index contributed by atoms with van der Waals surface area (Å²) in [6.45, 7) is 8.64. The zero-order valence-electron chi connectivity index (χ0n) is 15.8. The van der Waals surface area contributed by atoms with E-state index in [1.165, 1.54) is 0 Å². The smallest absolute Gasteiger partial charge is 0.261 e. The highest BCUT2D eigenvalue weighted by atomic mass is 16.5. The third-order valence-corrected chi connectivity index (χ3v) is 3.85. The Morgan fingerprint density at radius 3 is 2.27 bits per heavy atom. The maximum atomic E-state index is 12.4. The van der Waals surface area contributed by atoms with Crippen LogP contribution in [0.25, 0.3) is 0 Å². The van der Waals surface area contributed by atoms with Crippen molar-refractivity contribution in [3.05, 3.63) is 54.1 Å². The van der Waals surface area contributed by atoms with E-state index >= 15 is 0 Å². The monoisotopic (exact) mass is 357 g/mol. The van der Waals surface area contributed by atoms with Crippen molar-refractivity contribution in [2.45, 2.75) is 39.8 Å². The van der Waals surface area contributed by atoms with Crippen LogP contribution < -0.4 is 19.5 Å². The van der Waals surface area contributed by atoms with Crippen molar-refractivity contribution in [1.82, 2.24) is 5.32 Å². The minimum absolute atomic E-state index is 0.173. The lowest BCUT2D eigenvalue weighted by Crippen LogP contribution is -2.37. The van der Waals surface area contributed by atoms with E-state index in [9.17, 15) is 4.79 Å². The number of rotatable bonds is 9. The molecule has 0 aliphatic carbocycles. The summed E-state index contributed by atoms with van der Waals surface area (Å²) in [4.78, 5) is 12.4. The van der Waals surface area contributed by atoms with Gasteiger partial charge >= 0.3 is 0 Å². The van der Waals surface area contributed by atoms with E-state index in [1.54, 1.807) is 6.92 Å². The molecule has 0 heterocycles. The lowest BCUT2D eigenvalue weighted by Gasteiger charge is -2.20. The number of carbonyl (C=O) groups excluding carboxylic acids is 1. The molecule has 0 spiro atoms. The van der Waals surface area contributed by atoms with E-state index in [0.29, 0.717) is 30.5 Å². The fourth-order valence-electron chi connectivity index (χ4n) is 2.51. The van der Waals surface area contributed by atoms with Gasteiger partial charge in [0.2, 0.25) is 0 Å². The minimum atomic E-state index is -0.589. The molecule has 0 saturated heterocycles. The summed E-state index contributed by atoms with van der Waals surface area (Å²) in [5, 5.41) is 2.98. The highest BCUT2D eigenvalue weighted by Crippen LogP contribution is 2.30. The molecule has 1 N–H and O–H groups in total. The summed E-state index contributed by atoms with van der Waals surface area (Å²) >= 11 is 0. The van der Waals surface area contributed by atoms with Crippen LogP contribution in [0.15, 0.2) is 48.5 Å². The average Bonchev–Trinajstić information content (AvgIpc) is 2.64. The molecular weight excluding hydrogens is 330 g/mol. The van der Waals surface area contributed by atoms with E-state index in [2.05, 4.69) is 5.32 Å². The Kier molecular flexibility index (Phi) is 7.33. The number of hydrogen-bond acceptors (Lipinski definition) is 4. The first kappa shape index (κ1) is 19.6. The van der Waals surface area contributed by atoms with E-state index in [0.717, 1.165) is 5.56 Å². The molecule has 0 aromatic heterocycles. The highest BCUT2D eigenvalue weighted by Gasteiger charge is 2.19. The quantitative estimate of drug-likeness (QED) is 0.733. The normalized spacial score (nSPS) is 12.8. The van der Waals surface area contributed by atoms with Crippen LogP contribution in [0.2, 0.25) is 0 Å². The second-order valence-electron chi connectivity index (χ2n) is 5.88. The van der Waals surface area contributed by atoms with Gasteiger partial charge < -0.3 is 19.5 Å². The van der Waals surface area contributed by atoms with Gasteiger partial charge in [0, 0.05) is 0 Å². The molecular formula is C21H27NO4. The number of hydrogen-bond donors (Lipinski definition) is 1. The molecule has 0 aliphatic rings. The SMILES string of the molecule is CCOc1ccc(C(C)NC(=O)C(C)Oc2ccccc2)cc1OCC.